The lowest BCUT2D eigenvalue weighted by Gasteiger charge is -2.10. The second-order valence-electron chi connectivity index (χ2n) is 4.65. The molecule has 1 heterocycles. The summed E-state index contributed by atoms with van der Waals surface area (Å²) in [6, 6.07) is 8.77. The van der Waals surface area contributed by atoms with Gasteiger partial charge in [0.15, 0.2) is 0 Å². The minimum Gasteiger partial charge on any atom is -0.376 e. The SMILES string of the molecule is Cc1cc(Br)ccc1NC(=O)CNc1ccnc(C(N)=O)c1. The summed E-state index contributed by atoms with van der Waals surface area (Å²) in [5.74, 6) is -0.804. The number of hydrogen-bond acceptors (Lipinski definition) is 4. The van der Waals surface area contributed by atoms with Crippen molar-refractivity contribution in [2.75, 3.05) is 17.2 Å². The molecule has 2 rings (SSSR count). The summed E-state index contributed by atoms with van der Waals surface area (Å²) >= 11 is 3.37. The molecule has 7 heteroatoms. The molecule has 2 amide bonds. The fraction of sp³-hybridized carbons (Fsp3) is 0.133. The van der Waals surface area contributed by atoms with Gasteiger partial charge in [-0.05, 0) is 42.8 Å². The maximum atomic E-state index is 11.9. The molecule has 0 unspecified atom stereocenters. The fourth-order valence-corrected chi connectivity index (χ4v) is 2.29. The van der Waals surface area contributed by atoms with E-state index in [9.17, 15) is 9.59 Å². The number of hydrogen-bond donors (Lipinski definition) is 3. The molecule has 0 atom stereocenters. The monoisotopic (exact) mass is 362 g/mol. The summed E-state index contributed by atoms with van der Waals surface area (Å²) < 4.78 is 0.955. The summed E-state index contributed by atoms with van der Waals surface area (Å²) in [5, 5.41) is 5.74. The van der Waals surface area contributed by atoms with Gasteiger partial charge in [-0.25, -0.2) is 0 Å². The Morgan fingerprint density at radius 3 is 2.73 bits per heavy atom. The van der Waals surface area contributed by atoms with Crippen LogP contribution in [0.15, 0.2) is 41.0 Å². The first-order chi connectivity index (χ1) is 10.5. The molecule has 0 fully saturated rings. The number of benzene rings is 1. The van der Waals surface area contributed by atoms with E-state index in [1.165, 1.54) is 12.3 Å². The van der Waals surface area contributed by atoms with Crippen LogP contribution in [0.25, 0.3) is 0 Å². The third kappa shape index (κ3) is 4.29. The zero-order valence-corrected chi connectivity index (χ0v) is 13.5. The molecule has 1 aromatic carbocycles. The maximum absolute atomic E-state index is 11.9. The number of pyridine rings is 1. The van der Waals surface area contributed by atoms with Crippen molar-refractivity contribution in [1.29, 1.82) is 0 Å². The van der Waals surface area contributed by atoms with Crippen LogP contribution in [0.5, 0.6) is 0 Å². The minimum atomic E-state index is -0.612. The largest absolute Gasteiger partial charge is 0.376 e. The van der Waals surface area contributed by atoms with E-state index in [0.717, 1.165) is 15.7 Å². The highest BCUT2D eigenvalue weighted by Gasteiger charge is 2.07. The first-order valence-electron chi connectivity index (χ1n) is 6.51. The van der Waals surface area contributed by atoms with E-state index in [0.29, 0.717) is 5.69 Å². The van der Waals surface area contributed by atoms with Gasteiger partial charge in [0.1, 0.15) is 5.69 Å². The summed E-state index contributed by atoms with van der Waals surface area (Å²) in [6.07, 6.45) is 1.46. The van der Waals surface area contributed by atoms with Crippen molar-refractivity contribution in [3.63, 3.8) is 0 Å². The molecule has 0 spiro atoms. The third-order valence-electron chi connectivity index (χ3n) is 2.93. The molecular weight excluding hydrogens is 348 g/mol. The van der Waals surface area contributed by atoms with E-state index in [1.54, 1.807) is 6.07 Å². The Bertz CT molecular complexity index is 718. The molecule has 0 saturated heterocycles. The molecule has 0 saturated carbocycles. The van der Waals surface area contributed by atoms with Crippen LogP contribution in [0.4, 0.5) is 11.4 Å². The Kier molecular flexibility index (Phi) is 5.11. The van der Waals surface area contributed by atoms with Crippen molar-refractivity contribution in [1.82, 2.24) is 4.98 Å². The zero-order valence-electron chi connectivity index (χ0n) is 11.9. The Labute approximate surface area is 136 Å². The smallest absolute Gasteiger partial charge is 0.267 e. The van der Waals surface area contributed by atoms with Gasteiger partial charge in [0.05, 0.1) is 6.54 Å². The summed E-state index contributed by atoms with van der Waals surface area (Å²) in [5.41, 5.74) is 7.62. The molecule has 4 N–H and O–H groups in total. The topological polar surface area (TPSA) is 97.1 Å². The van der Waals surface area contributed by atoms with Crippen molar-refractivity contribution in [2.24, 2.45) is 5.73 Å². The van der Waals surface area contributed by atoms with Crippen LogP contribution in [0.1, 0.15) is 16.1 Å². The average Bonchev–Trinajstić information content (AvgIpc) is 2.48. The Morgan fingerprint density at radius 2 is 2.05 bits per heavy atom. The van der Waals surface area contributed by atoms with E-state index in [1.807, 2.05) is 25.1 Å². The zero-order chi connectivity index (χ0) is 16.1. The van der Waals surface area contributed by atoms with Gasteiger partial charge >= 0.3 is 0 Å². The van der Waals surface area contributed by atoms with Crippen LogP contribution < -0.4 is 16.4 Å². The first kappa shape index (κ1) is 16.0. The lowest BCUT2D eigenvalue weighted by Crippen LogP contribution is -2.22. The van der Waals surface area contributed by atoms with Crippen LogP contribution in [0.2, 0.25) is 0 Å². The highest BCUT2D eigenvalue weighted by atomic mass is 79.9. The summed E-state index contributed by atoms with van der Waals surface area (Å²) in [4.78, 5) is 26.8. The summed E-state index contributed by atoms with van der Waals surface area (Å²) in [6.45, 7) is 1.98. The number of aromatic nitrogens is 1. The van der Waals surface area contributed by atoms with E-state index in [4.69, 9.17) is 5.73 Å². The molecule has 0 aliphatic carbocycles. The van der Waals surface area contributed by atoms with Crippen LogP contribution in [0.3, 0.4) is 0 Å². The number of carbonyl (C=O) groups is 2. The standard InChI is InChI=1S/C15H15BrN4O2/c1-9-6-10(16)2-3-12(9)20-14(21)8-19-11-4-5-18-13(7-11)15(17)22/h2-7H,8H2,1H3,(H2,17,22)(H,18,19)(H,20,21). The Morgan fingerprint density at radius 1 is 1.27 bits per heavy atom. The minimum absolute atomic E-state index is 0.0672. The van der Waals surface area contributed by atoms with Crippen molar-refractivity contribution >= 4 is 39.1 Å². The summed E-state index contributed by atoms with van der Waals surface area (Å²) in [7, 11) is 0. The average molecular weight is 363 g/mol. The Balaban J connectivity index is 1.95. The van der Waals surface area contributed by atoms with Crippen molar-refractivity contribution in [3.8, 4) is 0 Å². The quantitative estimate of drug-likeness (QED) is 0.759. The van der Waals surface area contributed by atoms with Gasteiger partial charge in [-0.1, -0.05) is 15.9 Å². The molecule has 2 aromatic rings. The molecule has 0 aliphatic rings. The molecule has 22 heavy (non-hydrogen) atoms. The maximum Gasteiger partial charge on any atom is 0.267 e. The van der Waals surface area contributed by atoms with Crippen LogP contribution >= 0.6 is 15.9 Å². The van der Waals surface area contributed by atoms with Gasteiger partial charge < -0.3 is 16.4 Å². The first-order valence-corrected chi connectivity index (χ1v) is 7.31. The van der Waals surface area contributed by atoms with Gasteiger partial charge in [0.25, 0.3) is 5.91 Å². The van der Waals surface area contributed by atoms with Crippen molar-refractivity contribution in [3.05, 3.63) is 52.3 Å². The van der Waals surface area contributed by atoms with Gasteiger partial charge in [-0.2, -0.15) is 0 Å². The van der Waals surface area contributed by atoms with Crippen LogP contribution in [0, 0.1) is 6.92 Å². The fourth-order valence-electron chi connectivity index (χ4n) is 1.82. The van der Waals surface area contributed by atoms with Crippen molar-refractivity contribution < 1.29 is 9.59 Å². The molecule has 0 bridgehead atoms. The molecule has 1 aromatic heterocycles. The lowest BCUT2D eigenvalue weighted by atomic mass is 10.2. The number of primary amides is 1. The second-order valence-corrected chi connectivity index (χ2v) is 5.57. The third-order valence-corrected chi connectivity index (χ3v) is 3.42. The molecule has 114 valence electrons. The number of amides is 2. The van der Waals surface area contributed by atoms with Crippen molar-refractivity contribution in [2.45, 2.75) is 6.92 Å². The van der Waals surface area contributed by atoms with E-state index in [-0.39, 0.29) is 18.1 Å². The highest BCUT2D eigenvalue weighted by molar-refractivity contribution is 9.10. The van der Waals surface area contributed by atoms with Gasteiger partial charge in [-0.15, -0.1) is 0 Å². The van der Waals surface area contributed by atoms with Gasteiger partial charge in [0, 0.05) is 22.0 Å². The number of aryl methyl sites for hydroxylation is 1. The lowest BCUT2D eigenvalue weighted by molar-refractivity contribution is -0.114. The normalized spacial score (nSPS) is 10.1. The van der Waals surface area contributed by atoms with Crippen LogP contribution in [-0.2, 0) is 4.79 Å². The highest BCUT2D eigenvalue weighted by Crippen LogP contribution is 2.19. The molecular formula is C15H15BrN4O2. The molecule has 0 radical (unpaired) electrons. The predicted molar refractivity (Wildman–Crippen MR) is 88.8 cm³/mol. The number of halogens is 1. The number of nitrogens with one attached hydrogen (secondary N) is 2. The van der Waals surface area contributed by atoms with E-state index < -0.39 is 5.91 Å². The van der Waals surface area contributed by atoms with Crippen LogP contribution in [-0.4, -0.2) is 23.3 Å². The van der Waals surface area contributed by atoms with E-state index >= 15 is 0 Å². The number of rotatable bonds is 5. The number of anilines is 2. The molecule has 0 aliphatic heterocycles. The number of nitrogens with two attached hydrogens (primary N) is 1. The van der Waals surface area contributed by atoms with E-state index in [2.05, 4.69) is 31.5 Å². The van der Waals surface area contributed by atoms with Gasteiger partial charge in [-0.3, -0.25) is 14.6 Å². The predicted octanol–water partition coefficient (Wildman–Crippen LogP) is 2.30. The number of carbonyl (C=O) groups excluding carboxylic acids is 2. The Hall–Kier alpha value is -2.41. The number of nitrogens with zero attached hydrogens (tertiary/aromatic N) is 1. The molecule has 6 nitrogen and oxygen atoms in total. The second kappa shape index (κ2) is 7.04. The van der Waals surface area contributed by atoms with Gasteiger partial charge in [0.2, 0.25) is 5.91 Å².